The van der Waals surface area contributed by atoms with Crippen molar-refractivity contribution in [1.29, 1.82) is 0 Å². The summed E-state index contributed by atoms with van der Waals surface area (Å²) in [5.74, 6) is 0.623. The number of methoxy groups -OCH3 is 1. The van der Waals surface area contributed by atoms with Gasteiger partial charge in [-0.25, -0.2) is 4.98 Å². The first-order chi connectivity index (χ1) is 8.34. The van der Waals surface area contributed by atoms with Gasteiger partial charge in [-0.2, -0.15) is 0 Å². The van der Waals surface area contributed by atoms with Crippen LogP contribution in [-0.2, 0) is 4.74 Å². The zero-order chi connectivity index (χ0) is 13.4. The molecule has 0 spiro atoms. The Hall–Kier alpha value is -1.29. The van der Waals surface area contributed by atoms with Crippen LogP contribution in [0, 0.1) is 0 Å². The monoisotopic (exact) mass is 250 g/mol. The predicted molar refractivity (Wildman–Crippen MR) is 72.1 cm³/mol. The molecule has 1 aliphatic rings. The zero-order valence-electron chi connectivity index (χ0n) is 11.8. The van der Waals surface area contributed by atoms with Crippen molar-refractivity contribution in [3.63, 3.8) is 0 Å². The van der Waals surface area contributed by atoms with Crippen molar-refractivity contribution in [2.24, 2.45) is 0 Å². The lowest BCUT2D eigenvalue weighted by Crippen LogP contribution is -2.38. The molecule has 0 bridgehead atoms. The molecular formula is C14H22N2O2. The first kappa shape index (κ1) is 13.1. The molecule has 1 N–H and O–H groups in total. The predicted octanol–water partition coefficient (Wildman–Crippen LogP) is 2.85. The Morgan fingerprint density at radius 3 is 2.67 bits per heavy atom. The number of nitrogens with one attached hydrogen (secondary N) is 1. The molecule has 2 rings (SSSR count). The van der Waals surface area contributed by atoms with Gasteiger partial charge in [-0.15, -0.1) is 0 Å². The molecular weight excluding hydrogens is 228 g/mol. The van der Waals surface area contributed by atoms with E-state index in [9.17, 15) is 0 Å². The molecule has 0 amide bonds. The summed E-state index contributed by atoms with van der Waals surface area (Å²) in [4.78, 5) is 4.20. The fourth-order valence-corrected chi connectivity index (χ4v) is 2.64. The highest BCUT2D eigenvalue weighted by molar-refractivity contribution is 5.53. The van der Waals surface area contributed by atoms with Gasteiger partial charge in [0.05, 0.1) is 30.0 Å². The van der Waals surface area contributed by atoms with E-state index in [2.05, 4.69) is 38.0 Å². The fourth-order valence-electron chi connectivity index (χ4n) is 2.64. The zero-order valence-corrected chi connectivity index (χ0v) is 11.8. The topological polar surface area (TPSA) is 43.4 Å². The third kappa shape index (κ3) is 2.58. The van der Waals surface area contributed by atoms with Crippen LogP contribution in [0.3, 0.4) is 0 Å². The van der Waals surface area contributed by atoms with Crippen molar-refractivity contribution in [3.05, 3.63) is 18.3 Å². The first-order valence-corrected chi connectivity index (χ1v) is 6.30. The van der Waals surface area contributed by atoms with Crippen LogP contribution in [0.4, 0.5) is 5.69 Å². The van der Waals surface area contributed by atoms with Gasteiger partial charge in [0.2, 0.25) is 5.88 Å². The normalized spacial score (nSPS) is 24.8. The molecule has 0 aromatic carbocycles. The molecule has 0 aliphatic carbocycles. The van der Waals surface area contributed by atoms with E-state index < -0.39 is 0 Å². The van der Waals surface area contributed by atoms with Crippen LogP contribution in [0.15, 0.2) is 18.3 Å². The molecule has 18 heavy (non-hydrogen) atoms. The van der Waals surface area contributed by atoms with E-state index in [0.29, 0.717) is 5.88 Å². The number of hydrogen-bond acceptors (Lipinski definition) is 4. The Labute approximate surface area is 109 Å². The third-order valence-corrected chi connectivity index (χ3v) is 3.37. The van der Waals surface area contributed by atoms with Crippen molar-refractivity contribution in [2.75, 3.05) is 12.4 Å². The van der Waals surface area contributed by atoms with E-state index in [1.54, 1.807) is 13.3 Å². The second-order valence-corrected chi connectivity index (χ2v) is 5.93. The van der Waals surface area contributed by atoms with Crippen LogP contribution in [0.1, 0.15) is 34.1 Å². The van der Waals surface area contributed by atoms with Gasteiger partial charge in [0.15, 0.2) is 0 Å². The summed E-state index contributed by atoms with van der Waals surface area (Å²) in [5, 5.41) is 3.49. The average molecular weight is 250 g/mol. The summed E-state index contributed by atoms with van der Waals surface area (Å²) in [7, 11) is 1.63. The molecule has 0 saturated carbocycles. The van der Waals surface area contributed by atoms with Crippen LogP contribution in [-0.4, -0.2) is 29.3 Å². The molecule has 1 aromatic heterocycles. The summed E-state index contributed by atoms with van der Waals surface area (Å²) < 4.78 is 11.3. The molecule has 1 saturated heterocycles. The third-order valence-electron chi connectivity index (χ3n) is 3.37. The maximum Gasteiger partial charge on any atom is 0.237 e. The lowest BCUT2D eigenvalue weighted by Gasteiger charge is -2.28. The summed E-state index contributed by atoms with van der Waals surface area (Å²) >= 11 is 0. The van der Waals surface area contributed by atoms with E-state index in [1.807, 2.05) is 12.1 Å². The van der Waals surface area contributed by atoms with Gasteiger partial charge in [-0.1, -0.05) is 0 Å². The van der Waals surface area contributed by atoms with Crippen molar-refractivity contribution >= 4 is 5.69 Å². The Kier molecular flexibility index (Phi) is 3.23. The molecule has 100 valence electrons. The summed E-state index contributed by atoms with van der Waals surface area (Å²) in [6, 6.07) is 4.12. The van der Waals surface area contributed by atoms with Crippen molar-refractivity contribution in [3.8, 4) is 5.88 Å². The Morgan fingerprint density at radius 1 is 1.39 bits per heavy atom. The Balaban J connectivity index is 2.19. The van der Waals surface area contributed by atoms with Crippen LogP contribution in [0.2, 0.25) is 0 Å². The maximum absolute atomic E-state index is 6.07. The van der Waals surface area contributed by atoms with Gasteiger partial charge >= 0.3 is 0 Å². The van der Waals surface area contributed by atoms with Gasteiger partial charge in [-0.3, -0.25) is 0 Å². The largest absolute Gasteiger partial charge is 0.480 e. The number of pyridine rings is 1. The first-order valence-electron chi connectivity index (χ1n) is 6.30. The van der Waals surface area contributed by atoms with E-state index in [0.717, 1.165) is 12.1 Å². The smallest absolute Gasteiger partial charge is 0.237 e. The number of rotatable bonds is 3. The van der Waals surface area contributed by atoms with Crippen LogP contribution < -0.4 is 10.1 Å². The highest BCUT2D eigenvalue weighted by Gasteiger charge is 2.46. The summed E-state index contributed by atoms with van der Waals surface area (Å²) in [5.41, 5.74) is 0.611. The number of anilines is 1. The molecule has 1 unspecified atom stereocenters. The molecule has 4 nitrogen and oxygen atoms in total. The summed E-state index contributed by atoms with van der Waals surface area (Å²) in [6.45, 7) is 8.47. The minimum Gasteiger partial charge on any atom is -0.480 e. The van der Waals surface area contributed by atoms with Gasteiger partial charge < -0.3 is 14.8 Å². The molecule has 1 aromatic rings. The fraction of sp³-hybridized carbons (Fsp3) is 0.643. The molecule has 1 aliphatic heterocycles. The van der Waals surface area contributed by atoms with E-state index >= 15 is 0 Å². The second-order valence-electron chi connectivity index (χ2n) is 5.93. The Morgan fingerprint density at radius 2 is 2.11 bits per heavy atom. The van der Waals surface area contributed by atoms with E-state index in [1.165, 1.54) is 0 Å². The van der Waals surface area contributed by atoms with Gasteiger partial charge in [0, 0.05) is 6.20 Å². The lowest BCUT2D eigenvalue weighted by atomic mass is 9.94. The van der Waals surface area contributed by atoms with Crippen molar-refractivity contribution in [1.82, 2.24) is 4.98 Å². The SMILES string of the molecule is COc1ncccc1NC1CC(C)(C)OC1(C)C. The van der Waals surface area contributed by atoms with Crippen molar-refractivity contribution in [2.45, 2.75) is 51.4 Å². The number of hydrogen-bond donors (Lipinski definition) is 1. The molecule has 1 fully saturated rings. The highest BCUT2D eigenvalue weighted by atomic mass is 16.5. The number of nitrogens with zero attached hydrogens (tertiary/aromatic N) is 1. The quantitative estimate of drug-likeness (QED) is 0.896. The Bertz CT molecular complexity index is 430. The minimum absolute atomic E-state index is 0.101. The highest BCUT2D eigenvalue weighted by Crippen LogP contribution is 2.39. The standard InChI is InChI=1S/C14H22N2O2/c1-13(2)9-11(14(3,4)18-13)16-10-7-6-8-15-12(10)17-5/h6-8,11,16H,9H2,1-5H3. The molecule has 1 atom stereocenters. The molecule has 0 radical (unpaired) electrons. The average Bonchev–Trinajstić information content (AvgIpc) is 2.47. The van der Waals surface area contributed by atoms with Crippen LogP contribution >= 0.6 is 0 Å². The number of ether oxygens (including phenoxy) is 2. The van der Waals surface area contributed by atoms with Gasteiger partial charge in [0.25, 0.3) is 0 Å². The van der Waals surface area contributed by atoms with Gasteiger partial charge in [0.1, 0.15) is 0 Å². The lowest BCUT2D eigenvalue weighted by molar-refractivity contribution is -0.0662. The minimum atomic E-state index is -0.204. The second kappa shape index (κ2) is 4.43. The summed E-state index contributed by atoms with van der Waals surface area (Å²) in [6.07, 6.45) is 2.68. The number of aromatic nitrogens is 1. The molecule has 4 heteroatoms. The van der Waals surface area contributed by atoms with Crippen LogP contribution in [0.25, 0.3) is 0 Å². The van der Waals surface area contributed by atoms with E-state index in [-0.39, 0.29) is 17.2 Å². The van der Waals surface area contributed by atoms with E-state index in [4.69, 9.17) is 9.47 Å². The van der Waals surface area contributed by atoms with Gasteiger partial charge in [-0.05, 0) is 46.2 Å². The molecule has 2 heterocycles. The van der Waals surface area contributed by atoms with Crippen molar-refractivity contribution < 1.29 is 9.47 Å². The maximum atomic E-state index is 6.07. The van der Waals surface area contributed by atoms with Crippen LogP contribution in [0.5, 0.6) is 5.88 Å².